The van der Waals surface area contributed by atoms with Crippen LogP contribution in [0.3, 0.4) is 0 Å². The molecule has 0 fully saturated rings. The number of hydrogen-bond donors (Lipinski definition) is 1. The zero-order valence-corrected chi connectivity index (χ0v) is 15.9. The van der Waals surface area contributed by atoms with Crippen LogP contribution in [0, 0.1) is 5.92 Å². The van der Waals surface area contributed by atoms with Gasteiger partial charge in [-0.3, -0.25) is 4.79 Å². The fraction of sp³-hybridized carbons (Fsp3) is 0.368. The summed E-state index contributed by atoms with van der Waals surface area (Å²) in [7, 11) is 0. The summed E-state index contributed by atoms with van der Waals surface area (Å²) in [5.41, 5.74) is 7.29. The van der Waals surface area contributed by atoms with Gasteiger partial charge in [0.2, 0.25) is 0 Å². The van der Waals surface area contributed by atoms with Crippen molar-refractivity contribution in [2.75, 3.05) is 13.2 Å². The van der Waals surface area contributed by atoms with Gasteiger partial charge < -0.3 is 15.2 Å². The SMILES string of the molecule is C=C(S/C(C(=O)OCC)=C(/C)N)c1ccc(OCC(C)C)c(C=O)c1. The second-order valence-electron chi connectivity index (χ2n) is 5.83. The van der Waals surface area contributed by atoms with Crippen LogP contribution >= 0.6 is 11.8 Å². The first-order chi connectivity index (χ1) is 11.8. The van der Waals surface area contributed by atoms with Crippen molar-refractivity contribution in [1.82, 2.24) is 0 Å². The maximum atomic E-state index is 12.0. The van der Waals surface area contributed by atoms with Crippen molar-refractivity contribution >= 4 is 28.9 Å². The Kier molecular flexibility index (Phi) is 8.28. The molecule has 0 aliphatic carbocycles. The van der Waals surface area contributed by atoms with E-state index in [4.69, 9.17) is 15.2 Å². The van der Waals surface area contributed by atoms with E-state index in [0.717, 1.165) is 18.0 Å². The van der Waals surface area contributed by atoms with E-state index in [1.54, 1.807) is 32.0 Å². The van der Waals surface area contributed by atoms with Gasteiger partial charge in [-0.2, -0.15) is 0 Å². The topological polar surface area (TPSA) is 78.6 Å². The van der Waals surface area contributed by atoms with Crippen LogP contribution in [0.5, 0.6) is 5.75 Å². The molecule has 0 atom stereocenters. The molecule has 25 heavy (non-hydrogen) atoms. The number of aldehydes is 1. The minimum Gasteiger partial charge on any atom is -0.493 e. The van der Waals surface area contributed by atoms with Crippen LogP contribution in [-0.4, -0.2) is 25.5 Å². The maximum absolute atomic E-state index is 12.0. The zero-order chi connectivity index (χ0) is 19.0. The molecule has 1 rings (SSSR count). The lowest BCUT2D eigenvalue weighted by molar-refractivity contribution is -0.137. The monoisotopic (exact) mass is 363 g/mol. The molecule has 136 valence electrons. The van der Waals surface area contributed by atoms with Gasteiger partial charge in [-0.1, -0.05) is 38.3 Å². The van der Waals surface area contributed by atoms with Crippen molar-refractivity contribution < 1.29 is 19.1 Å². The Morgan fingerprint density at radius 3 is 2.60 bits per heavy atom. The molecule has 0 saturated heterocycles. The highest BCUT2D eigenvalue weighted by Crippen LogP contribution is 2.35. The van der Waals surface area contributed by atoms with Crippen LogP contribution in [0.1, 0.15) is 43.6 Å². The molecule has 6 heteroatoms. The molecule has 0 aromatic heterocycles. The van der Waals surface area contributed by atoms with Crippen LogP contribution in [0.2, 0.25) is 0 Å². The Balaban J connectivity index is 3.00. The number of hydrogen-bond acceptors (Lipinski definition) is 6. The Hall–Kier alpha value is -2.21. The fourth-order valence-corrected chi connectivity index (χ4v) is 2.66. The molecule has 0 aliphatic heterocycles. The lowest BCUT2D eigenvalue weighted by Gasteiger charge is -2.14. The summed E-state index contributed by atoms with van der Waals surface area (Å²) in [6.07, 6.45) is 0.743. The number of rotatable bonds is 9. The average Bonchev–Trinajstić information content (AvgIpc) is 2.57. The molecule has 1 aromatic rings. The number of thioether (sulfide) groups is 1. The minimum atomic E-state index is -0.485. The largest absolute Gasteiger partial charge is 0.493 e. The average molecular weight is 363 g/mol. The number of nitrogens with two attached hydrogens (primary N) is 1. The van der Waals surface area contributed by atoms with Gasteiger partial charge in [0.1, 0.15) is 10.7 Å². The Morgan fingerprint density at radius 1 is 1.40 bits per heavy atom. The third-order valence-electron chi connectivity index (χ3n) is 3.08. The van der Waals surface area contributed by atoms with Crippen LogP contribution < -0.4 is 10.5 Å². The van der Waals surface area contributed by atoms with Crippen molar-refractivity contribution in [2.24, 2.45) is 11.7 Å². The number of allylic oxidation sites excluding steroid dienone is 1. The van der Waals surface area contributed by atoms with Gasteiger partial charge in [-0.25, -0.2) is 4.79 Å². The van der Waals surface area contributed by atoms with E-state index >= 15 is 0 Å². The van der Waals surface area contributed by atoms with Gasteiger partial charge in [0.15, 0.2) is 6.29 Å². The molecule has 5 nitrogen and oxygen atoms in total. The van der Waals surface area contributed by atoms with Gasteiger partial charge in [0.05, 0.1) is 18.8 Å². The second-order valence-corrected chi connectivity index (χ2v) is 6.94. The Morgan fingerprint density at radius 2 is 2.08 bits per heavy atom. The van der Waals surface area contributed by atoms with Crippen LogP contribution in [0.25, 0.3) is 4.91 Å². The first kappa shape index (κ1) is 20.8. The van der Waals surface area contributed by atoms with Gasteiger partial charge >= 0.3 is 5.97 Å². The molecule has 1 aromatic carbocycles. The maximum Gasteiger partial charge on any atom is 0.346 e. The molecule has 0 saturated carbocycles. The van der Waals surface area contributed by atoms with Gasteiger partial charge in [0, 0.05) is 10.6 Å². The molecular formula is C19H25NO4S. The summed E-state index contributed by atoms with van der Waals surface area (Å²) in [4.78, 5) is 24.2. The molecule has 0 unspecified atom stereocenters. The first-order valence-corrected chi connectivity index (χ1v) is 8.84. The summed E-state index contributed by atoms with van der Waals surface area (Å²) in [6, 6.07) is 5.22. The van der Waals surface area contributed by atoms with Crippen molar-refractivity contribution in [1.29, 1.82) is 0 Å². The standard InChI is InChI=1S/C19H25NO4S/c1-6-23-19(22)18(13(4)20)25-14(5)15-7-8-17(16(9-15)10-21)24-11-12(2)3/h7-10,12H,5-6,11,20H2,1-4H3/b18-13-. The summed E-state index contributed by atoms with van der Waals surface area (Å²) < 4.78 is 10.6. The number of carbonyl (C=O) groups excluding carboxylic acids is 2. The molecule has 2 N–H and O–H groups in total. The summed E-state index contributed by atoms with van der Waals surface area (Å²) in [5.74, 6) is 0.400. The molecule has 0 spiro atoms. The van der Waals surface area contributed by atoms with E-state index in [1.165, 1.54) is 0 Å². The lowest BCUT2D eigenvalue weighted by Crippen LogP contribution is -2.10. The number of carbonyl (C=O) groups is 2. The number of esters is 1. The predicted octanol–water partition coefficient (Wildman–Crippen LogP) is 3.99. The summed E-state index contributed by atoms with van der Waals surface area (Å²) in [6.45, 7) is 12.2. The number of ether oxygens (including phenoxy) is 2. The number of benzene rings is 1. The molecule has 0 aliphatic rings. The highest BCUT2D eigenvalue weighted by atomic mass is 32.2. The Bertz CT molecular complexity index is 676. The van der Waals surface area contributed by atoms with Crippen LogP contribution in [0.15, 0.2) is 35.4 Å². The highest BCUT2D eigenvalue weighted by Gasteiger charge is 2.17. The molecule has 0 heterocycles. The third-order valence-corrected chi connectivity index (χ3v) is 4.25. The van der Waals surface area contributed by atoms with E-state index < -0.39 is 5.97 Å². The van der Waals surface area contributed by atoms with Gasteiger partial charge in [-0.15, -0.1) is 0 Å². The summed E-state index contributed by atoms with van der Waals surface area (Å²) >= 11 is 1.13. The van der Waals surface area contributed by atoms with Crippen molar-refractivity contribution in [3.8, 4) is 5.75 Å². The predicted molar refractivity (Wildman–Crippen MR) is 102 cm³/mol. The van der Waals surface area contributed by atoms with Crippen molar-refractivity contribution in [3.63, 3.8) is 0 Å². The van der Waals surface area contributed by atoms with E-state index in [9.17, 15) is 9.59 Å². The third kappa shape index (κ3) is 6.31. The second kappa shape index (κ2) is 9.93. The fourth-order valence-electron chi connectivity index (χ4n) is 1.86. The minimum absolute atomic E-state index is 0.264. The normalized spacial score (nSPS) is 11.7. The van der Waals surface area contributed by atoms with Gasteiger partial charge in [-0.05, 0) is 37.5 Å². The molecular weight excluding hydrogens is 338 g/mol. The highest BCUT2D eigenvalue weighted by molar-refractivity contribution is 8.12. The van der Waals surface area contributed by atoms with Gasteiger partial charge in [0.25, 0.3) is 0 Å². The van der Waals surface area contributed by atoms with Crippen LogP contribution in [-0.2, 0) is 9.53 Å². The zero-order valence-electron chi connectivity index (χ0n) is 15.1. The van der Waals surface area contributed by atoms with E-state index in [0.29, 0.717) is 44.9 Å². The van der Waals surface area contributed by atoms with E-state index in [-0.39, 0.29) is 6.61 Å². The van der Waals surface area contributed by atoms with E-state index in [2.05, 4.69) is 6.58 Å². The van der Waals surface area contributed by atoms with Crippen molar-refractivity contribution in [3.05, 3.63) is 46.5 Å². The molecule has 0 amide bonds. The molecule has 0 radical (unpaired) electrons. The molecule has 0 bridgehead atoms. The Labute approximate surface area is 153 Å². The van der Waals surface area contributed by atoms with Crippen LogP contribution in [0.4, 0.5) is 0 Å². The lowest BCUT2D eigenvalue weighted by atomic mass is 10.1. The summed E-state index contributed by atoms with van der Waals surface area (Å²) in [5, 5.41) is 0. The van der Waals surface area contributed by atoms with E-state index in [1.807, 2.05) is 13.8 Å². The smallest absolute Gasteiger partial charge is 0.346 e. The first-order valence-electron chi connectivity index (χ1n) is 8.02. The van der Waals surface area contributed by atoms with Crippen molar-refractivity contribution in [2.45, 2.75) is 27.7 Å². The quantitative estimate of drug-likeness (QED) is 0.406.